The van der Waals surface area contributed by atoms with E-state index in [4.69, 9.17) is 14.6 Å². The predicted octanol–water partition coefficient (Wildman–Crippen LogP) is 6.21. The lowest BCUT2D eigenvalue weighted by molar-refractivity contribution is -0.137. The maximum atomic E-state index is 14.1. The van der Waals surface area contributed by atoms with Crippen molar-refractivity contribution >= 4 is 12.0 Å². The number of halogens is 1. The van der Waals surface area contributed by atoms with Gasteiger partial charge in [0.15, 0.2) is 0 Å². The molecule has 256 valence electrons. The molecule has 0 radical (unpaired) electrons. The molecule has 48 heavy (non-hydrogen) atoms. The Kier molecular flexibility index (Phi) is 8.56. The number of nitrogens with one attached hydrogen (secondary N) is 2. The normalized spacial score (nSPS) is 24.8. The molecule has 0 saturated heterocycles. The van der Waals surface area contributed by atoms with Gasteiger partial charge in [-0.25, -0.2) is 9.18 Å². The Balaban J connectivity index is 1.21. The second kappa shape index (κ2) is 12.3. The van der Waals surface area contributed by atoms with Gasteiger partial charge in [-0.1, -0.05) is 6.07 Å². The summed E-state index contributed by atoms with van der Waals surface area (Å²) in [5, 5.41) is 25.9. The molecule has 0 aliphatic heterocycles. The van der Waals surface area contributed by atoms with Crippen LogP contribution in [0.3, 0.4) is 0 Å². The summed E-state index contributed by atoms with van der Waals surface area (Å²) in [7, 11) is 1.66. The number of hydrogen-bond donors (Lipinski definition) is 4. The van der Waals surface area contributed by atoms with Crippen molar-refractivity contribution in [3.63, 3.8) is 0 Å². The summed E-state index contributed by atoms with van der Waals surface area (Å²) in [5.41, 5.74) is 0.751. The number of amides is 2. The van der Waals surface area contributed by atoms with Crippen molar-refractivity contribution in [3.05, 3.63) is 75.5 Å². The van der Waals surface area contributed by atoms with E-state index in [-0.39, 0.29) is 29.4 Å². The molecule has 1 heterocycles. The van der Waals surface area contributed by atoms with Gasteiger partial charge in [-0.3, -0.25) is 9.59 Å². The lowest BCUT2D eigenvalue weighted by Gasteiger charge is -2.46. The summed E-state index contributed by atoms with van der Waals surface area (Å²) >= 11 is 0. The SMILES string of the molecule is Cc1cc(F)cc(C)c1Oc1ccc(C(C)(C)O)cc1-c1cn(C)c(=O)cc1OC1CCC(NC(=O)C23CCC(NC(=O)O)(C2)C3)CC1. The van der Waals surface area contributed by atoms with Crippen molar-refractivity contribution in [2.24, 2.45) is 12.5 Å². The number of ether oxygens (including phenoxy) is 2. The quantitative estimate of drug-likeness (QED) is 0.214. The third-order valence-corrected chi connectivity index (χ3v) is 10.4. The number of rotatable bonds is 9. The molecule has 11 heteroatoms. The average Bonchev–Trinajstić information content (AvgIpc) is 3.54. The zero-order valence-electron chi connectivity index (χ0n) is 28.1. The van der Waals surface area contributed by atoms with Gasteiger partial charge < -0.3 is 34.9 Å². The molecule has 4 saturated carbocycles. The van der Waals surface area contributed by atoms with E-state index in [1.807, 2.05) is 6.07 Å². The number of pyridine rings is 1. The molecule has 4 fully saturated rings. The summed E-state index contributed by atoms with van der Waals surface area (Å²) < 4.78 is 28.5. The van der Waals surface area contributed by atoms with Crippen molar-refractivity contribution in [2.45, 2.75) is 102 Å². The van der Waals surface area contributed by atoms with Crippen molar-refractivity contribution in [1.29, 1.82) is 0 Å². The number of carbonyl (C=O) groups is 2. The van der Waals surface area contributed by atoms with Crippen LogP contribution in [0.15, 0.2) is 47.4 Å². The van der Waals surface area contributed by atoms with Crippen LogP contribution in [0.25, 0.3) is 11.1 Å². The summed E-state index contributed by atoms with van der Waals surface area (Å²) in [6.07, 6.45) is 5.65. The molecular formula is C37H44FN3O7. The van der Waals surface area contributed by atoms with Gasteiger partial charge in [-0.2, -0.15) is 0 Å². The van der Waals surface area contributed by atoms with E-state index in [0.717, 1.165) is 0 Å². The van der Waals surface area contributed by atoms with Crippen LogP contribution in [0.4, 0.5) is 9.18 Å². The molecule has 4 N–H and O–H groups in total. The van der Waals surface area contributed by atoms with Crippen LogP contribution in [-0.2, 0) is 17.4 Å². The smallest absolute Gasteiger partial charge is 0.405 e. The van der Waals surface area contributed by atoms with Crippen molar-refractivity contribution in [1.82, 2.24) is 15.2 Å². The van der Waals surface area contributed by atoms with Crippen molar-refractivity contribution in [3.8, 4) is 28.4 Å². The highest BCUT2D eigenvalue weighted by Crippen LogP contribution is 2.61. The van der Waals surface area contributed by atoms with Gasteiger partial charge >= 0.3 is 6.09 Å². The maximum Gasteiger partial charge on any atom is 0.405 e. The van der Waals surface area contributed by atoms with E-state index in [1.54, 1.807) is 53.1 Å². The van der Waals surface area contributed by atoms with Gasteiger partial charge in [0.25, 0.3) is 5.56 Å². The second-order valence-electron chi connectivity index (χ2n) is 14.7. The Morgan fingerprint density at radius 2 is 1.65 bits per heavy atom. The number of aromatic nitrogens is 1. The number of hydrogen-bond acceptors (Lipinski definition) is 6. The molecule has 4 aliphatic rings. The summed E-state index contributed by atoms with van der Waals surface area (Å²) in [6.45, 7) is 6.94. The Morgan fingerprint density at radius 3 is 2.27 bits per heavy atom. The van der Waals surface area contributed by atoms with Gasteiger partial charge in [0, 0.05) is 42.0 Å². The van der Waals surface area contributed by atoms with Gasteiger partial charge in [0.05, 0.1) is 17.1 Å². The van der Waals surface area contributed by atoms with Crippen LogP contribution in [0.2, 0.25) is 0 Å². The number of carbonyl (C=O) groups excluding carboxylic acids is 1. The summed E-state index contributed by atoms with van der Waals surface area (Å²) in [5.74, 6) is 1.02. The lowest BCUT2D eigenvalue weighted by Crippen LogP contribution is -2.60. The van der Waals surface area contributed by atoms with E-state index in [0.29, 0.717) is 96.4 Å². The minimum atomic E-state index is -1.16. The molecule has 0 unspecified atom stereocenters. The predicted molar refractivity (Wildman–Crippen MR) is 178 cm³/mol. The minimum absolute atomic E-state index is 0.00636. The number of aliphatic hydroxyl groups is 1. The van der Waals surface area contributed by atoms with Crippen LogP contribution >= 0.6 is 0 Å². The van der Waals surface area contributed by atoms with Gasteiger partial charge in [0.1, 0.15) is 23.1 Å². The number of benzene rings is 2. The lowest BCUT2D eigenvalue weighted by atomic mass is 9.64. The largest absolute Gasteiger partial charge is 0.490 e. The number of nitrogens with zero attached hydrogens (tertiary/aromatic N) is 1. The van der Waals surface area contributed by atoms with Crippen LogP contribution in [0.5, 0.6) is 17.2 Å². The highest BCUT2D eigenvalue weighted by molar-refractivity contribution is 5.86. The van der Waals surface area contributed by atoms with E-state index in [9.17, 15) is 23.9 Å². The van der Waals surface area contributed by atoms with E-state index < -0.39 is 22.6 Å². The van der Waals surface area contributed by atoms with Crippen LogP contribution in [0, 0.1) is 25.1 Å². The molecule has 1 aromatic heterocycles. The van der Waals surface area contributed by atoms with E-state index >= 15 is 0 Å². The standard InChI is InChI=1S/C37H44FN3O7/c1-21-14-24(38)15-22(2)32(21)48-29-11-6-23(35(3,4)46)16-27(29)28-18-41(5)31(42)17-30(28)47-26-9-7-25(8-10-26)39-33(43)36-12-13-37(19-36,20-36)40-34(44)45/h6,11,14-18,25-26,40,46H,7-10,12-13,19-20H2,1-5H3,(H,39,43)(H,44,45). The molecule has 0 spiro atoms. The molecule has 3 aromatic rings. The molecule has 2 aromatic carbocycles. The molecule has 10 nitrogen and oxygen atoms in total. The molecule has 0 atom stereocenters. The fraction of sp³-hybridized carbons (Fsp3) is 0.486. The first kappa shape index (κ1) is 33.5. The van der Waals surface area contributed by atoms with Crippen LogP contribution in [-0.4, -0.2) is 44.5 Å². The summed E-state index contributed by atoms with van der Waals surface area (Å²) in [4.78, 5) is 37.3. The highest BCUT2D eigenvalue weighted by atomic mass is 19.1. The van der Waals surface area contributed by atoms with Crippen molar-refractivity contribution < 1.29 is 33.7 Å². The van der Waals surface area contributed by atoms with Gasteiger partial charge in [-0.05, 0) is 120 Å². The van der Waals surface area contributed by atoms with E-state index in [1.165, 1.54) is 22.8 Å². The fourth-order valence-electron chi connectivity index (χ4n) is 7.86. The average molecular weight is 662 g/mol. The molecule has 2 amide bonds. The minimum Gasteiger partial charge on any atom is -0.490 e. The first-order chi connectivity index (χ1) is 22.6. The zero-order valence-corrected chi connectivity index (χ0v) is 28.1. The van der Waals surface area contributed by atoms with Crippen molar-refractivity contribution in [2.75, 3.05) is 0 Å². The first-order valence-electron chi connectivity index (χ1n) is 16.6. The third kappa shape index (κ3) is 6.52. The third-order valence-electron chi connectivity index (χ3n) is 10.4. The maximum absolute atomic E-state index is 14.1. The number of carboxylic acid groups (broad SMARTS) is 1. The Morgan fingerprint density at radius 1 is 0.979 bits per heavy atom. The number of fused-ring (bicyclic) bond motifs is 1. The molecular weight excluding hydrogens is 617 g/mol. The zero-order chi connectivity index (χ0) is 34.6. The first-order valence-corrected chi connectivity index (χ1v) is 16.6. The van der Waals surface area contributed by atoms with Gasteiger partial charge in [0.2, 0.25) is 5.91 Å². The monoisotopic (exact) mass is 661 g/mol. The Bertz CT molecular complexity index is 1790. The van der Waals surface area contributed by atoms with Crippen LogP contribution < -0.4 is 25.7 Å². The van der Waals surface area contributed by atoms with E-state index in [2.05, 4.69) is 10.6 Å². The number of aryl methyl sites for hydroxylation is 3. The molecule has 7 rings (SSSR count). The molecule has 2 bridgehead atoms. The van der Waals surface area contributed by atoms with Gasteiger partial charge in [-0.15, -0.1) is 0 Å². The fourth-order valence-corrected chi connectivity index (χ4v) is 7.86. The Hall–Kier alpha value is -4.38. The summed E-state index contributed by atoms with van der Waals surface area (Å²) in [6, 6.07) is 9.65. The topological polar surface area (TPSA) is 139 Å². The second-order valence-corrected chi connectivity index (χ2v) is 14.7. The highest BCUT2D eigenvalue weighted by Gasteiger charge is 2.65. The molecule has 4 aliphatic carbocycles. The Labute approximate surface area is 279 Å². The van der Waals surface area contributed by atoms with Crippen LogP contribution in [0.1, 0.15) is 81.9 Å².